The van der Waals surface area contributed by atoms with Gasteiger partial charge in [-0.25, -0.2) is 14.0 Å². The molecular formula is C21H28N2O4S3. The largest absolute Gasteiger partial charge is 0.367 e. The Kier molecular flexibility index (Phi) is 8.09. The van der Waals surface area contributed by atoms with E-state index >= 15 is 0 Å². The molecule has 0 radical (unpaired) electrons. The van der Waals surface area contributed by atoms with Gasteiger partial charge in [-0.05, 0) is 51.3 Å². The Morgan fingerprint density at radius 3 is 2.57 bits per heavy atom. The van der Waals surface area contributed by atoms with Crippen LogP contribution in [0, 0.1) is 5.41 Å². The molecule has 0 aliphatic carbocycles. The minimum absolute atomic E-state index is 0.161. The predicted molar refractivity (Wildman–Crippen MR) is 122 cm³/mol. The standard InChI is InChI=1S/C21H28N2O4S3/c1-21(2,3)20(24)27-23-10-8-16(9-11-23)19-22-17(13-29-19)12-28-18-6-4-15(5-7-18)14-30(25)26/h4-7,13,16H,8-12,14H2,1-3H3,(H,25,26). The molecule has 2 aromatic rings. The van der Waals surface area contributed by atoms with Crippen molar-refractivity contribution in [1.29, 1.82) is 0 Å². The number of hydrogen-bond donors (Lipinski definition) is 1. The molecule has 164 valence electrons. The third kappa shape index (κ3) is 6.88. The summed E-state index contributed by atoms with van der Waals surface area (Å²) in [6, 6.07) is 7.75. The van der Waals surface area contributed by atoms with Crippen molar-refractivity contribution >= 4 is 40.1 Å². The SMILES string of the molecule is CC(C)(C)C(=O)ON1CCC(c2nc(CSc3ccc(CS(=O)O)cc3)cs2)CC1. The molecule has 1 N–H and O–H groups in total. The van der Waals surface area contributed by atoms with Crippen molar-refractivity contribution in [1.82, 2.24) is 10.0 Å². The average molecular weight is 469 g/mol. The second kappa shape index (κ2) is 10.4. The van der Waals surface area contributed by atoms with Gasteiger partial charge in [-0.15, -0.1) is 28.2 Å². The van der Waals surface area contributed by atoms with Crippen molar-refractivity contribution in [2.45, 2.75) is 55.9 Å². The average Bonchev–Trinajstić information content (AvgIpc) is 3.16. The van der Waals surface area contributed by atoms with Gasteiger partial charge in [0.2, 0.25) is 0 Å². The number of rotatable bonds is 7. The molecule has 1 aromatic carbocycles. The molecule has 1 aliphatic heterocycles. The maximum atomic E-state index is 12.0. The van der Waals surface area contributed by atoms with Crippen LogP contribution in [0.3, 0.4) is 0 Å². The Morgan fingerprint density at radius 2 is 1.97 bits per heavy atom. The normalized spacial score (nSPS) is 17.1. The van der Waals surface area contributed by atoms with Crippen LogP contribution in [0.25, 0.3) is 0 Å². The molecule has 9 heteroatoms. The maximum absolute atomic E-state index is 12.0. The molecule has 1 unspecified atom stereocenters. The van der Waals surface area contributed by atoms with Gasteiger partial charge in [-0.2, -0.15) is 0 Å². The van der Waals surface area contributed by atoms with Crippen LogP contribution in [0.2, 0.25) is 0 Å². The number of carbonyl (C=O) groups is 1. The summed E-state index contributed by atoms with van der Waals surface area (Å²) in [6.45, 7) is 7.07. The molecule has 0 saturated carbocycles. The molecule has 0 bridgehead atoms. The minimum Gasteiger partial charge on any atom is -0.367 e. The first-order chi connectivity index (χ1) is 14.2. The first-order valence-electron chi connectivity index (χ1n) is 9.91. The lowest BCUT2D eigenvalue weighted by Gasteiger charge is -2.31. The number of aromatic nitrogens is 1. The van der Waals surface area contributed by atoms with Gasteiger partial charge in [0, 0.05) is 35.0 Å². The summed E-state index contributed by atoms with van der Waals surface area (Å²) in [6.07, 6.45) is 1.87. The van der Waals surface area contributed by atoms with Crippen LogP contribution >= 0.6 is 23.1 Å². The van der Waals surface area contributed by atoms with Crippen molar-refractivity contribution in [2.24, 2.45) is 5.41 Å². The fourth-order valence-corrected chi connectivity index (χ4v) is 5.37. The third-order valence-electron chi connectivity index (χ3n) is 4.80. The molecule has 1 aliphatic rings. The quantitative estimate of drug-likeness (QED) is 0.460. The lowest BCUT2D eigenvalue weighted by Crippen LogP contribution is -2.38. The van der Waals surface area contributed by atoms with Gasteiger partial charge in [0.15, 0.2) is 11.1 Å². The van der Waals surface area contributed by atoms with E-state index in [-0.39, 0.29) is 11.7 Å². The zero-order valence-electron chi connectivity index (χ0n) is 17.5. The molecule has 1 fully saturated rings. The summed E-state index contributed by atoms with van der Waals surface area (Å²) in [5.74, 6) is 1.18. The van der Waals surface area contributed by atoms with Crippen LogP contribution in [0.4, 0.5) is 0 Å². The lowest BCUT2D eigenvalue weighted by atomic mass is 9.97. The number of benzene rings is 1. The Balaban J connectivity index is 1.46. The molecule has 3 rings (SSSR count). The second-order valence-electron chi connectivity index (χ2n) is 8.41. The van der Waals surface area contributed by atoms with E-state index in [0.29, 0.717) is 5.92 Å². The van der Waals surface area contributed by atoms with Crippen molar-refractivity contribution in [2.75, 3.05) is 13.1 Å². The van der Waals surface area contributed by atoms with Gasteiger partial charge in [-0.3, -0.25) is 0 Å². The minimum atomic E-state index is -1.81. The number of nitrogens with zero attached hydrogens (tertiary/aromatic N) is 2. The van der Waals surface area contributed by atoms with Crippen LogP contribution in [0.15, 0.2) is 34.5 Å². The lowest BCUT2D eigenvalue weighted by molar-refractivity contribution is -0.204. The molecule has 1 atom stereocenters. The first-order valence-corrected chi connectivity index (χ1v) is 13.1. The second-order valence-corrected chi connectivity index (χ2v) is 11.3. The van der Waals surface area contributed by atoms with Gasteiger partial charge in [0.1, 0.15) is 0 Å². The number of thiazole rings is 1. The zero-order valence-corrected chi connectivity index (χ0v) is 19.9. The van der Waals surface area contributed by atoms with Gasteiger partial charge in [0.25, 0.3) is 0 Å². The number of thioether (sulfide) groups is 1. The Bertz CT molecular complexity index is 869. The summed E-state index contributed by atoms with van der Waals surface area (Å²) >= 11 is 1.61. The molecular weight excluding hydrogens is 440 g/mol. The Labute approximate surface area is 188 Å². The van der Waals surface area contributed by atoms with Gasteiger partial charge < -0.3 is 9.39 Å². The molecule has 2 heterocycles. The van der Waals surface area contributed by atoms with E-state index in [4.69, 9.17) is 14.4 Å². The Hall–Kier alpha value is -1.26. The van der Waals surface area contributed by atoms with Gasteiger partial charge in [-0.1, -0.05) is 12.1 Å². The maximum Gasteiger partial charge on any atom is 0.330 e. The van der Waals surface area contributed by atoms with Crippen molar-refractivity contribution < 1.29 is 18.4 Å². The van der Waals surface area contributed by atoms with Gasteiger partial charge in [0.05, 0.1) is 21.9 Å². The number of hydroxylamine groups is 2. The smallest absolute Gasteiger partial charge is 0.330 e. The summed E-state index contributed by atoms with van der Waals surface area (Å²) in [5, 5.41) is 5.07. The molecule has 6 nitrogen and oxygen atoms in total. The fraction of sp³-hybridized carbons (Fsp3) is 0.524. The molecule has 1 saturated heterocycles. The Morgan fingerprint density at radius 1 is 1.30 bits per heavy atom. The summed E-state index contributed by atoms with van der Waals surface area (Å²) in [4.78, 5) is 23.5. The number of carbonyl (C=O) groups excluding carboxylic acids is 1. The van der Waals surface area contributed by atoms with E-state index in [1.165, 1.54) is 0 Å². The highest BCUT2D eigenvalue weighted by Crippen LogP contribution is 2.32. The highest BCUT2D eigenvalue weighted by Gasteiger charge is 2.29. The van der Waals surface area contributed by atoms with E-state index < -0.39 is 16.5 Å². The highest BCUT2D eigenvalue weighted by atomic mass is 32.2. The monoisotopic (exact) mass is 468 g/mol. The van der Waals surface area contributed by atoms with E-state index in [9.17, 15) is 9.00 Å². The fourth-order valence-electron chi connectivity index (χ4n) is 3.01. The van der Waals surface area contributed by atoms with Crippen LogP contribution < -0.4 is 0 Å². The summed E-state index contributed by atoms with van der Waals surface area (Å²) in [7, 11) is 0. The molecule has 1 aromatic heterocycles. The molecule has 0 amide bonds. The predicted octanol–water partition coefficient (Wildman–Crippen LogP) is 4.84. The third-order valence-corrected chi connectivity index (χ3v) is 7.48. The zero-order chi connectivity index (χ0) is 21.7. The van der Waals surface area contributed by atoms with E-state index in [1.54, 1.807) is 28.2 Å². The van der Waals surface area contributed by atoms with Crippen molar-refractivity contribution in [3.8, 4) is 0 Å². The van der Waals surface area contributed by atoms with Crippen LogP contribution in [-0.2, 0) is 32.2 Å². The van der Waals surface area contributed by atoms with E-state index in [2.05, 4.69) is 5.38 Å². The summed E-state index contributed by atoms with van der Waals surface area (Å²) < 4.78 is 19.8. The van der Waals surface area contributed by atoms with E-state index in [1.807, 2.05) is 45.0 Å². The van der Waals surface area contributed by atoms with Gasteiger partial charge >= 0.3 is 5.97 Å². The van der Waals surface area contributed by atoms with E-state index in [0.717, 1.165) is 52.8 Å². The van der Waals surface area contributed by atoms with Crippen LogP contribution in [0.1, 0.15) is 55.8 Å². The topological polar surface area (TPSA) is 79.7 Å². The van der Waals surface area contributed by atoms with Crippen LogP contribution in [0.5, 0.6) is 0 Å². The number of hydrogen-bond acceptors (Lipinski definition) is 7. The number of piperidine rings is 1. The van der Waals surface area contributed by atoms with Crippen molar-refractivity contribution in [3.05, 3.63) is 45.9 Å². The van der Waals surface area contributed by atoms with Crippen molar-refractivity contribution in [3.63, 3.8) is 0 Å². The summed E-state index contributed by atoms with van der Waals surface area (Å²) in [5.41, 5.74) is 1.44. The van der Waals surface area contributed by atoms with Crippen LogP contribution in [-0.4, -0.2) is 37.9 Å². The highest BCUT2D eigenvalue weighted by molar-refractivity contribution is 7.98. The molecule has 0 spiro atoms. The first kappa shape index (κ1) is 23.4. The molecule has 30 heavy (non-hydrogen) atoms.